The van der Waals surface area contributed by atoms with Gasteiger partial charge in [0.15, 0.2) is 0 Å². The molecule has 0 aromatic heterocycles. The summed E-state index contributed by atoms with van der Waals surface area (Å²) < 4.78 is 0.0972. The molecule has 1 aliphatic heterocycles. The molecule has 0 nitrogen and oxygen atoms in total. The van der Waals surface area contributed by atoms with E-state index in [1.54, 1.807) is 0 Å². The fourth-order valence-corrected chi connectivity index (χ4v) is 3.04. The Morgan fingerprint density at radius 1 is 1.50 bits per heavy atom. The van der Waals surface area contributed by atoms with E-state index in [-0.39, 0.29) is 4.08 Å². The highest BCUT2D eigenvalue weighted by atomic mass is 32.2. The Morgan fingerprint density at radius 3 is 2.25 bits per heavy atom. The normalized spacial score (nSPS) is 25.0. The van der Waals surface area contributed by atoms with Crippen molar-refractivity contribution >= 4 is 23.5 Å². The van der Waals surface area contributed by atoms with E-state index < -0.39 is 0 Å². The van der Waals surface area contributed by atoms with Gasteiger partial charge in [0.1, 0.15) is 4.08 Å². The molecule has 44 valence electrons. The van der Waals surface area contributed by atoms with Gasteiger partial charge < -0.3 is 0 Å². The molecular weight excluding hydrogens is 136 g/mol. The fourth-order valence-electron chi connectivity index (χ4n) is 0.598. The average Bonchev–Trinajstić information content (AvgIpc) is 2.17. The first-order chi connectivity index (χ1) is 3.77. The Bertz CT molecular complexity index is 117. The maximum Gasteiger partial charge on any atom is 0.119 e. The van der Waals surface area contributed by atoms with Gasteiger partial charge in [-0.25, -0.2) is 0 Å². The zero-order valence-electron chi connectivity index (χ0n) is 4.81. The van der Waals surface area contributed by atoms with Gasteiger partial charge in [-0.1, -0.05) is 5.92 Å². The van der Waals surface area contributed by atoms with Gasteiger partial charge in [-0.2, -0.15) is 0 Å². The van der Waals surface area contributed by atoms with Crippen LogP contribution in [0.25, 0.3) is 0 Å². The molecule has 0 unspecified atom stereocenters. The van der Waals surface area contributed by atoms with Gasteiger partial charge in [-0.15, -0.1) is 29.9 Å². The second-order valence-electron chi connectivity index (χ2n) is 1.79. The minimum atomic E-state index is 0.0972. The highest BCUT2D eigenvalue weighted by Gasteiger charge is 2.27. The van der Waals surface area contributed by atoms with E-state index in [0.29, 0.717) is 0 Å². The third kappa shape index (κ3) is 1.15. The van der Waals surface area contributed by atoms with Crippen molar-refractivity contribution in [3.8, 4) is 12.3 Å². The number of terminal acetylenes is 1. The number of rotatable bonds is 0. The molecule has 0 aliphatic carbocycles. The summed E-state index contributed by atoms with van der Waals surface area (Å²) >= 11 is 3.74. The van der Waals surface area contributed by atoms with E-state index in [1.165, 1.54) is 11.5 Å². The van der Waals surface area contributed by atoms with Crippen LogP contribution >= 0.6 is 23.5 Å². The van der Waals surface area contributed by atoms with E-state index in [0.717, 1.165) is 0 Å². The van der Waals surface area contributed by atoms with Crippen LogP contribution in [-0.2, 0) is 0 Å². The lowest BCUT2D eigenvalue weighted by Crippen LogP contribution is -2.04. The first-order valence-corrected chi connectivity index (χ1v) is 4.50. The van der Waals surface area contributed by atoms with Gasteiger partial charge in [-0.05, 0) is 6.92 Å². The molecule has 0 bridgehead atoms. The molecule has 1 rings (SSSR count). The molecule has 1 heterocycles. The van der Waals surface area contributed by atoms with Crippen LogP contribution in [0.15, 0.2) is 0 Å². The summed E-state index contributed by atoms with van der Waals surface area (Å²) in [5, 5.41) is 0. The standard InChI is InChI=1S/C6H8S2/c1-3-6(2)7-4-5-8-6/h1H,4-5H2,2H3. The van der Waals surface area contributed by atoms with Crippen LogP contribution in [0.1, 0.15) is 6.92 Å². The second kappa shape index (κ2) is 2.24. The summed E-state index contributed by atoms with van der Waals surface area (Å²) in [6.45, 7) is 2.11. The van der Waals surface area contributed by atoms with Crippen LogP contribution in [0, 0.1) is 12.3 Å². The number of hydrogen-bond donors (Lipinski definition) is 0. The predicted molar refractivity (Wildman–Crippen MR) is 42.2 cm³/mol. The molecule has 0 radical (unpaired) electrons. The zero-order valence-corrected chi connectivity index (χ0v) is 6.44. The lowest BCUT2D eigenvalue weighted by Gasteiger charge is -2.11. The Morgan fingerprint density at radius 2 is 2.00 bits per heavy atom. The lowest BCUT2D eigenvalue weighted by atomic mass is 10.5. The molecule has 0 spiro atoms. The Labute approximate surface area is 58.8 Å². The first-order valence-electron chi connectivity index (χ1n) is 2.52. The summed E-state index contributed by atoms with van der Waals surface area (Å²) in [6.07, 6.45) is 5.28. The van der Waals surface area contributed by atoms with Crippen molar-refractivity contribution in [1.29, 1.82) is 0 Å². The SMILES string of the molecule is C#CC1(C)SCCS1. The molecule has 1 aliphatic rings. The number of thioether (sulfide) groups is 2. The number of hydrogen-bond acceptors (Lipinski definition) is 2. The highest BCUT2D eigenvalue weighted by Crippen LogP contribution is 2.42. The maximum absolute atomic E-state index is 5.28. The summed E-state index contributed by atoms with van der Waals surface area (Å²) in [5.74, 6) is 5.19. The van der Waals surface area contributed by atoms with Crippen LogP contribution in [0.5, 0.6) is 0 Å². The van der Waals surface area contributed by atoms with E-state index >= 15 is 0 Å². The van der Waals surface area contributed by atoms with E-state index in [2.05, 4.69) is 12.8 Å². The van der Waals surface area contributed by atoms with Gasteiger partial charge in [0, 0.05) is 11.5 Å². The van der Waals surface area contributed by atoms with Crippen molar-refractivity contribution in [2.45, 2.75) is 11.0 Å². The minimum absolute atomic E-state index is 0.0972. The van der Waals surface area contributed by atoms with Crippen molar-refractivity contribution in [3.63, 3.8) is 0 Å². The largest absolute Gasteiger partial charge is 0.131 e. The van der Waals surface area contributed by atoms with Gasteiger partial charge in [-0.3, -0.25) is 0 Å². The predicted octanol–water partition coefficient (Wildman–Crippen LogP) is 1.82. The quantitative estimate of drug-likeness (QED) is 0.476. The maximum atomic E-state index is 5.28. The molecule has 0 amide bonds. The summed E-state index contributed by atoms with van der Waals surface area (Å²) in [7, 11) is 0. The van der Waals surface area contributed by atoms with Crippen molar-refractivity contribution < 1.29 is 0 Å². The van der Waals surface area contributed by atoms with Crippen molar-refractivity contribution in [1.82, 2.24) is 0 Å². The summed E-state index contributed by atoms with van der Waals surface area (Å²) in [4.78, 5) is 0. The molecule has 0 N–H and O–H groups in total. The van der Waals surface area contributed by atoms with E-state index in [4.69, 9.17) is 6.42 Å². The van der Waals surface area contributed by atoms with Crippen LogP contribution < -0.4 is 0 Å². The van der Waals surface area contributed by atoms with E-state index in [1.807, 2.05) is 23.5 Å². The fraction of sp³-hybridized carbons (Fsp3) is 0.667. The molecule has 2 heteroatoms. The van der Waals surface area contributed by atoms with Crippen molar-refractivity contribution in [3.05, 3.63) is 0 Å². The summed E-state index contributed by atoms with van der Waals surface area (Å²) in [6, 6.07) is 0. The Kier molecular flexibility index (Phi) is 1.79. The van der Waals surface area contributed by atoms with Crippen LogP contribution in [0.2, 0.25) is 0 Å². The summed E-state index contributed by atoms with van der Waals surface area (Å²) in [5.41, 5.74) is 0. The third-order valence-electron chi connectivity index (χ3n) is 1.10. The zero-order chi connectivity index (χ0) is 6.04. The molecular formula is C6H8S2. The first kappa shape index (κ1) is 6.38. The molecule has 1 fully saturated rings. The third-order valence-corrected chi connectivity index (χ3v) is 4.22. The Balaban J connectivity index is 2.56. The minimum Gasteiger partial charge on any atom is -0.131 e. The second-order valence-corrected chi connectivity index (χ2v) is 5.07. The molecule has 0 atom stereocenters. The lowest BCUT2D eigenvalue weighted by molar-refractivity contribution is 1.22. The van der Waals surface area contributed by atoms with E-state index in [9.17, 15) is 0 Å². The molecule has 8 heavy (non-hydrogen) atoms. The molecule has 1 saturated heterocycles. The smallest absolute Gasteiger partial charge is 0.119 e. The van der Waals surface area contributed by atoms with Gasteiger partial charge >= 0.3 is 0 Å². The monoisotopic (exact) mass is 144 g/mol. The topological polar surface area (TPSA) is 0 Å². The molecule has 0 saturated carbocycles. The van der Waals surface area contributed by atoms with Crippen LogP contribution in [0.3, 0.4) is 0 Å². The van der Waals surface area contributed by atoms with Crippen LogP contribution in [0.4, 0.5) is 0 Å². The molecule has 0 aromatic carbocycles. The van der Waals surface area contributed by atoms with Crippen LogP contribution in [-0.4, -0.2) is 15.6 Å². The van der Waals surface area contributed by atoms with Crippen molar-refractivity contribution in [2.24, 2.45) is 0 Å². The average molecular weight is 144 g/mol. The Hall–Kier alpha value is 0.260. The van der Waals surface area contributed by atoms with Gasteiger partial charge in [0.05, 0.1) is 0 Å². The van der Waals surface area contributed by atoms with Crippen molar-refractivity contribution in [2.75, 3.05) is 11.5 Å². The molecule has 0 aromatic rings. The highest BCUT2D eigenvalue weighted by molar-refractivity contribution is 8.21. The van der Waals surface area contributed by atoms with Gasteiger partial charge in [0.2, 0.25) is 0 Å². The van der Waals surface area contributed by atoms with Gasteiger partial charge in [0.25, 0.3) is 0 Å².